The molecule has 0 aliphatic carbocycles. The summed E-state index contributed by atoms with van der Waals surface area (Å²) in [5.41, 5.74) is 3.53. The van der Waals surface area contributed by atoms with Gasteiger partial charge in [0.2, 0.25) is 0 Å². The Balaban J connectivity index is 1.73. The molecule has 0 bridgehead atoms. The standard InChI is InChI=1S/C21H26ClNO2S/c1-4-20(25-18-8-9-19(22)16(3)13-18)21(24)23-10-11-26-14-17-7-5-6-15(2)12-17/h5-9,12-13,20H,4,10-11,14H2,1-3H3,(H,23,24)/t20-/m1/s1. The molecule has 0 heterocycles. The maximum atomic E-state index is 12.3. The van der Waals surface area contributed by atoms with Crippen LogP contribution >= 0.6 is 23.4 Å². The first-order valence-electron chi connectivity index (χ1n) is 8.83. The van der Waals surface area contributed by atoms with Crippen molar-refractivity contribution < 1.29 is 9.53 Å². The summed E-state index contributed by atoms with van der Waals surface area (Å²) in [5, 5.41) is 3.66. The van der Waals surface area contributed by atoms with Crippen LogP contribution in [0.25, 0.3) is 0 Å². The van der Waals surface area contributed by atoms with Crippen molar-refractivity contribution in [3.05, 3.63) is 64.2 Å². The average Bonchev–Trinajstić information content (AvgIpc) is 2.62. The van der Waals surface area contributed by atoms with E-state index in [-0.39, 0.29) is 5.91 Å². The maximum absolute atomic E-state index is 12.3. The molecule has 0 fully saturated rings. The van der Waals surface area contributed by atoms with Crippen LogP contribution in [0.5, 0.6) is 5.75 Å². The van der Waals surface area contributed by atoms with E-state index in [0.29, 0.717) is 23.7 Å². The van der Waals surface area contributed by atoms with Crippen LogP contribution < -0.4 is 10.1 Å². The van der Waals surface area contributed by atoms with E-state index in [2.05, 4.69) is 36.5 Å². The van der Waals surface area contributed by atoms with Crippen molar-refractivity contribution in [3.8, 4) is 5.75 Å². The van der Waals surface area contributed by atoms with Crippen LogP contribution in [0, 0.1) is 13.8 Å². The highest BCUT2D eigenvalue weighted by Gasteiger charge is 2.18. The van der Waals surface area contributed by atoms with E-state index in [1.165, 1.54) is 11.1 Å². The number of thioether (sulfide) groups is 1. The quantitative estimate of drug-likeness (QED) is 0.599. The van der Waals surface area contributed by atoms with Crippen molar-refractivity contribution in [3.63, 3.8) is 0 Å². The molecular formula is C21H26ClNO2S. The minimum absolute atomic E-state index is 0.0729. The molecule has 26 heavy (non-hydrogen) atoms. The predicted molar refractivity (Wildman–Crippen MR) is 111 cm³/mol. The van der Waals surface area contributed by atoms with E-state index in [1.54, 1.807) is 12.1 Å². The lowest BCUT2D eigenvalue weighted by molar-refractivity contribution is -0.127. The van der Waals surface area contributed by atoms with Crippen LogP contribution in [0.1, 0.15) is 30.0 Å². The fraction of sp³-hybridized carbons (Fsp3) is 0.381. The molecule has 5 heteroatoms. The fourth-order valence-corrected chi connectivity index (χ4v) is 3.45. The summed E-state index contributed by atoms with van der Waals surface area (Å²) < 4.78 is 5.82. The Labute approximate surface area is 165 Å². The van der Waals surface area contributed by atoms with Gasteiger partial charge in [-0.25, -0.2) is 0 Å². The number of nitrogens with one attached hydrogen (secondary N) is 1. The van der Waals surface area contributed by atoms with E-state index in [9.17, 15) is 4.79 Å². The lowest BCUT2D eigenvalue weighted by Gasteiger charge is -2.17. The first-order valence-corrected chi connectivity index (χ1v) is 10.4. The van der Waals surface area contributed by atoms with Gasteiger partial charge in [0.15, 0.2) is 6.10 Å². The number of hydrogen-bond donors (Lipinski definition) is 1. The third kappa shape index (κ3) is 6.58. The highest BCUT2D eigenvalue weighted by atomic mass is 35.5. The number of benzene rings is 2. The molecule has 1 amide bonds. The third-order valence-corrected chi connectivity index (χ3v) is 5.42. The summed E-state index contributed by atoms with van der Waals surface area (Å²) in [4.78, 5) is 12.3. The van der Waals surface area contributed by atoms with Crippen LogP contribution in [0.15, 0.2) is 42.5 Å². The Hall–Kier alpha value is -1.65. The second-order valence-electron chi connectivity index (χ2n) is 6.26. The number of hydrogen-bond acceptors (Lipinski definition) is 3. The summed E-state index contributed by atoms with van der Waals surface area (Å²) in [7, 11) is 0. The van der Waals surface area contributed by atoms with Crippen LogP contribution in [0.2, 0.25) is 5.02 Å². The van der Waals surface area contributed by atoms with Crippen LogP contribution in [0.4, 0.5) is 0 Å². The zero-order valence-electron chi connectivity index (χ0n) is 15.5. The van der Waals surface area contributed by atoms with Gasteiger partial charge in [0, 0.05) is 23.1 Å². The monoisotopic (exact) mass is 391 g/mol. The van der Waals surface area contributed by atoms with Crippen molar-refractivity contribution in [2.75, 3.05) is 12.3 Å². The molecule has 3 nitrogen and oxygen atoms in total. The average molecular weight is 392 g/mol. The second kappa shape index (κ2) is 10.5. The largest absolute Gasteiger partial charge is 0.481 e. The Morgan fingerprint density at radius 2 is 2.04 bits per heavy atom. The van der Waals surface area contributed by atoms with Crippen LogP contribution in [0.3, 0.4) is 0 Å². The van der Waals surface area contributed by atoms with Crippen LogP contribution in [-0.4, -0.2) is 24.3 Å². The van der Waals surface area contributed by atoms with Crippen molar-refractivity contribution in [2.45, 2.75) is 39.0 Å². The van der Waals surface area contributed by atoms with Gasteiger partial charge in [-0.2, -0.15) is 11.8 Å². The zero-order chi connectivity index (χ0) is 18.9. The minimum Gasteiger partial charge on any atom is -0.481 e. The first-order chi connectivity index (χ1) is 12.5. The molecule has 0 saturated heterocycles. The van der Waals surface area contributed by atoms with Crippen molar-refractivity contribution in [1.82, 2.24) is 5.32 Å². The number of rotatable bonds is 9. The molecule has 0 saturated carbocycles. The molecule has 2 aromatic rings. The van der Waals surface area contributed by atoms with Crippen molar-refractivity contribution in [1.29, 1.82) is 0 Å². The molecule has 2 rings (SSSR count). The summed E-state index contributed by atoms with van der Waals surface area (Å²) in [6.07, 6.45) is 0.126. The molecule has 0 unspecified atom stereocenters. The Bertz CT molecular complexity index is 736. The summed E-state index contributed by atoms with van der Waals surface area (Å²) in [6, 6.07) is 13.9. The van der Waals surface area contributed by atoms with Gasteiger partial charge in [0.1, 0.15) is 5.75 Å². The SMILES string of the molecule is CC[C@@H](Oc1ccc(Cl)c(C)c1)C(=O)NCCSCc1cccc(C)c1. The molecule has 1 N–H and O–H groups in total. The topological polar surface area (TPSA) is 38.3 Å². The smallest absolute Gasteiger partial charge is 0.261 e. The van der Waals surface area contributed by atoms with Crippen LogP contribution in [-0.2, 0) is 10.5 Å². The normalized spacial score (nSPS) is 11.8. The Kier molecular flexibility index (Phi) is 8.33. The number of carbonyl (C=O) groups is 1. The van der Waals surface area contributed by atoms with Gasteiger partial charge in [-0.1, -0.05) is 48.4 Å². The predicted octanol–water partition coefficient (Wildman–Crippen LogP) is 5.16. The van der Waals surface area contributed by atoms with Crippen molar-refractivity contribution >= 4 is 29.3 Å². The van der Waals surface area contributed by atoms with Gasteiger partial charge >= 0.3 is 0 Å². The molecule has 0 aromatic heterocycles. The van der Waals surface area contributed by atoms with E-state index in [4.69, 9.17) is 16.3 Å². The number of carbonyl (C=O) groups excluding carboxylic acids is 1. The van der Waals surface area contributed by atoms with Gasteiger partial charge in [-0.05, 0) is 49.6 Å². The summed E-state index contributed by atoms with van der Waals surface area (Å²) >= 11 is 7.84. The fourth-order valence-electron chi connectivity index (χ4n) is 2.53. The maximum Gasteiger partial charge on any atom is 0.261 e. The third-order valence-electron chi connectivity index (χ3n) is 3.97. The second-order valence-corrected chi connectivity index (χ2v) is 7.77. The summed E-state index contributed by atoms with van der Waals surface area (Å²) in [5.74, 6) is 2.42. The van der Waals surface area contributed by atoms with E-state index >= 15 is 0 Å². The summed E-state index contributed by atoms with van der Waals surface area (Å²) in [6.45, 7) is 6.59. The molecule has 0 radical (unpaired) electrons. The lowest BCUT2D eigenvalue weighted by Crippen LogP contribution is -2.39. The molecule has 140 valence electrons. The zero-order valence-corrected chi connectivity index (χ0v) is 17.1. The van der Waals surface area contributed by atoms with Gasteiger partial charge in [-0.3, -0.25) is 4.79 Å². The number of aryl methyl sites for hydroxylation is 2. The molecule has 1 atom stereocenters. The van der Waals surface area contributed by atoms with Crippen molar-refractivity contribution in [2.24, 2.45) is 0 Å². The number of halogens is 1. The van der Waals surface area contributed by atoms with Gasteiger partial charge in [0.25, 0.3) is 5.91 Å². The highest BCUT2D eigenvalue weighted by Crippen LogP contribution is 2.22. The number of ether oxygens (including phenoxy) is 1. The first kappa shape index (κ1) is 20.7. The van der Waals surface area contributed by atoms with Gasteiger partial charge in [0.05, 0.1) is 0 Å². The Morgan fingerprint density at radius 1 is 1.23 bits per heavy atom. The minimum atomic E-state index is -0.489. The molecule has 0 aliphatic rings. The molecule has 0 spiro atoms. The van der Waals surface area contributed by atoms with E-state index < -0.39 is 6.10 Å². The van der Waals surface area contributed by atoms with E-state index in [1.807, 2.05) is 31.7 Å². The number of amides is 1. The van der Waals surface area contributed by atoms with Gasteiger partial charge < -0.3 is 10.1 Å². The molecule has 2 aromatic carbocycles. The highest BCUT2D eigenvalue weighted by molar-refractivity contribution is 7.98. The van der Waals surface area contributed by atoms with Gasteiger partial charge in [-0.15, -0.1) is 0 Å². The molecule has 0 aliphatic heterocycles. The lowest BCUT2D eigenvalue weighted by atomic mass is 10.2. The molecular weight excluding hydrogens is 366 g/mol. The van der Waals surface area contributed by atoms with E-state index in [0.717, 1.165) is 17.1 Å². The Morgan fingerprint density at radius 3 is 2.73 bits per heavy atom.